The lowest BCUT2D eigenvalue weighted by atomic mass is 10.1. The number of aromatic carboxylic acids is 1. The number of pyridine rings is 1. The van der Waals surface area contributed by atoms with Crippen molar-refractivity contribution in [3.8, 4) is 6.07 Å². The van der Waals surface area contributed by atoms with Gasteiger partial charge in [-0.15, -0.1) is 0 Å². The highest BCUT2D eigenvalue weighted by Gasteiger charge is 2.21. The van der Waals surface area contributed by atoms with Gasteiger partial charge >= 0.3 is 5.97 Å². The summed E-state index contributed by atoms with van der Waals surface area (Å²) in [5, 5.41) is 19.0. The van der Waals surface area contributed by atoms with Gasteiger partial charge in [0.25, 0.3) is 10.0 Å². The topological polar surface area (TPSA) is 127 Å². The number of hydrogen-bond donors (Lipinski definition) is 2. The Balaban J connectivity index is 1.60. The van der Waals surface area contributed by atoms with Crippen LogP contribution in [0.25, 0.3) is 10.9 Å². The van der Waals surface area contributed by atoms with Gasteiger partial charge < -0.3 is 10.0 Å². The highest BCUT2D eigenvalue weighted by Crippen LogP contribution is 2.28. The molecule has 2 heterocycles. The third kappa shape index (κ3) is 5.53. The zero-order valence-corrected chi connectivity index (χ0v) is 20.3. The number of piperazine rings is 1. The first kappa shape index (κ1) is 24.4. The van der Waals surface area contributed by atoms with Crippen LogP contribution in [0.5, 0.6) is 0 Å². The second-order valence-corrected chi connectivity index (χ2v) is 10.1. The first-order valence-corrected chi connectivity index (χ1v) is 12.9. The molecule has 0 spiro atoms. The van der Waals surface area contributed by atoms with Crippen molar-refractivity contribution >= 4 is 38.4 Å². The monoisotopic (exact) mass is 493 g/mol. The number of aromatic nitrogens is 1. The van der Waals surface area contributed by atoms with Crippen molar-refractivity contribution in [3.05, 3.63) is 59.7 Å². The van der Waals surface area contributed by atoms with E-state index in [0.29, 0.717) is 36.2 Å². The minimum atomic E-state index is -3.83. The number of nitriles is 1. The average molecular weight is 494 g/mol. The molecule has 3 aromatic rings. The number of aryl methyl sites for hydroxylation is 1. The molecule has 1 aliphatic rings. The van der Waals surface area contributed by atoms with E-state index in [0.717, 1.165) is 31.6 Å². The molecule has 1 aromatic heterocycles. The van der Waals surface area contributed by atoms with Crippen LogP contribution in [0.4, 0.5) is 11.5 Å². The van der Waals surface area contributed by atoms with Gasteiger partial charge in [0.1, 0.15) is 5.82 Å². The van der Waals surface area contributed by atoms with Crippen molar-refractivity contribution in [3.63, 3.8) is 0 Å². The van der Waals surface area contributed by atoms with Gasteiger partial charge in [-0.3, -0.25) is 9.62 Å². The summed E-state index contributed by atoms with van der Waals surface area (Å²) in [7, 11) is -3.83. The van der Waals surface area contributed by atoms with E-state index in [1.54, 1.807) is 36.4 Å². The SMILES string of the molecule is CCc1ccc(S(=O)(=O)Nc2ccc3nc(N4CCN(CCC#N)CC4)cc(C(=O)O)c3c2)cc1. The molecule has 9 nitrogen and oxygen atoms in total. The molecule has 0 radical (unpaired) electrons. The van der Waals surface area contributed by atoms with E-state index in [1.807, 2.05) is 11.8 Å². The largest absolute Gasteiger partial charge is 0.478 e. The Morgan fingerprint density at radius 3 is 2.46 bits per heavy atom. The van der Waals surface area contributed by atoms with Crippen molar-refractivity contribution in [1.29, 1.82) is 5.26 Å². The minimum absolute atomic E-state index is 0.0604. The quantitative estimate of drug-likeness (QED) is 0.489. The number of sulfonamides is 1. The van der Waals surface area contributed by atoms with Gasteiger partial charge in [0.15, 0.2) is 0 Å². The molecule has 182 valence electrons. The van der Waals surface area contributed by atoms with Crippen molar-refractivity contribution in [2.24, 2.45) is 0 Å². The van der Waals surface area contributed by atoms with E-state index in [9.17, 15) is 18.3 Å². The van der Waals surface area contributed by atoms with Crippen molar-refractivity contribution in [2.45, 2.75) is 24.7 Å². The zero-order valence-electron chi connectivity index (χ0n) is 19.4. The summed E-state index contributed by atoms with van der Waals surface area (Å²) >= 11 is 0. The number of anilines is 2. The lowest BCUT2D eigenvalue weighted by Crippen LogP contribution is -2.46. The zero-order chi connectivity index (χ0) is 25.0. The molecule has 0 unspecified atom stereocenters. The van der Waals surface area contributed by atoms with Crippen LogP contribution in [0.1, 0.15) is 29.3 Å². The summed E-state index contributed by atoms with van der Waals surface area (Å²) in [5.74, 6) is -0.541. The van der Waals surface area contributed by atoms with Crippen LogP contribution >= 0.6 is 0 Å². The van der Waals surface area contributed by atoms with Gasteiger partial charge in [0.2, 0.25) is 0 Å². The van der Waals surface area contributed by atoms with Gasteiger partial charge in [0, 0.05) is 50.2 Å². The number of benzene rings is 2. The molecule has 1 fully saturated rings. The normalized spacial score (nSPS) is 14.6. The van der Waals surface area contributed by atoms with Crippen molar-refractivity contribution in [1.82, 2.24) is 9.88 Å². The van der Waals surface area contributed by atoms with Crippen LogP contribution < -0.4 is 9.62 Å². The van der Waals surface area contributed by atoms with E-state index in [-0.39, 0.29) is 16.1 Å². The number of fused-ring (bicyclic) bond motifs is 1. The van der Waals surface area contributed by atoms with Crippen LogP contribution in [0.3, 0.4) is 0 Å². The van der Waals surface area contributed by atoms with E-state index in [1.165, 1.54) is 12.1 Å². The predicted octanol–water partition coefficient (Wildman–Crippen LogP) is 3.33. The minimum Gasteiger partial charge on any atom is -0.478 e. The van der Waals surface area contributed by atoms with Gasteiger partial charge in [-0.05, 0) is 48.4 Å². The lowest BCUT2D eigenvalue weighted by molar-refractivity contribution is 0.0699. The summed E-state index contributed by atoms with van der Waals surface area (Å²) in [6.07, 6.45) is 1.29. The Labute approximate surface area is 204 Å². The predicted molar refractivity (Wildman–Crippen MR) is 134 cm³/mol. The molecule has 1 saturated heterocycles. The van der Waals surface area contributed by atoms with Gasteiger partial charge in [-0.1, -0.05) is 19.1 Å². The molecule has 0 bridgehead atoms. The molecule has 10 heteroatoms. The maximum Gasteiger partial charge on any atom is 0.336 e. The summed E-state index contributed by atoms with van der Waals surface area (Å²) < 4.78 is 28.2. The number of carbonyl (C=O) groups is 1. The second kappa shape index (κ2) is 10.3. The number of hydrogen-bond acceptors (Lipinski definition) is 7. The third-order valence-corrected chi connectivity index (χ3v) is 7.55. The number of nitrogens with one attached hydrogen (secondary N) is 1. The van der Waals surface area contributed by atoms with Gasteiger partial charge in [-0.25, -0.2) is 18.2 Å². The highest BCUT2D eigenvalue weighted by molar-refractivity contribution is 7.92. The average Bonchev–Trinajstić information content (AvgIpc) is 2.87. The molecular weight excluding hydrogens is 466 g/mol. The number of carboxylic acids is 1. The molecule has 0 aliphatic carbocycles. The number of carboxylic acid groups (broad SMARTS) is 1. The summed E-state index contributed by atoms with van der Waals surface area (Å²) in [5.41, 5.74) is 1.83. The fraction of sp³-hybridized carbons (Fsp3) is 0.320. The van der Waals surface area contributed by atoms with Crippen LogP contribution in [0, 0.1) is 11.3 Å². The summed E-state index contributed by atoms with van der Waals surface area (Å²) in [6.45, 7) is 5.60. The Bertz CT molecular complexity index is 1380. The Morgan fingerprint density at radius 2 is 1.83 bits per heavy atom. The molecule has 0 saturated carbocycles. The molecule has 1 aliphatic heterocycles. The second-order valence-electron chi connectivity index (χ2n) is 8.40. The Kier molecular flexibility index (Phi) is 7.19. The molecular formula is C25H27N5O4S. The van der Waals surface area contributed by atoms with Crippen LogP contribution in [-0.4, -0.2) is 62.1 Å². The van der Waals surface area contributed by atoms with E-state index < -0.39 is 16.0 Å². The van der Waals surface area contributed by atoms with E-state index in [4.69, 9.17) is 5.26 Å². The van der Waals surface area contributed by atoms with Crippen molar-refractivity contribution < 1.29 is 18.3 Å². The van der Waals surface area contributed by atoms with Gasteiger partial charge in [-0.2, -0.15) is 5.26 Å². The van der Waals surface area contributed by atoms with Crippen LogP contribution in [0.15, 0.2) is 53.4 Å². The molecule has 35 heavy (non-hydrogen) atoms. The van der Waals surface area contributed by atoms with E-state index in [2.05, 4.69) is 20.7 Å². The van der Waals surface area contributed by atoms with E-state index >= 15 is 0 Å². The molecule has 2 aromatic carbocycles. The first-order chi connectivity index (χ1) is 16.8. The fourth-order valence-electron chi connectivity index (χ4n) is 4.14. The number of rotatable bonds is 8. The van der Waals surface area contributed by atoms with Crippen molar-refractivity contribution in [2.75, 3.05) is 42.3 Å². The molecule has 0 atom stereocenters. The molecule has 0 amide bonds. The fourth-order valence-corrected chi connectivity index (χ4v) is 5.19. The maximum absolute atomic E-state index is 12.8. The smallest absolute Gasteiger partial charge is 0.336 e. The standard InChI is InChI=1S/C25H27N5O4S/c1-2-18-4-7-20(8-5-18)35(33,34)28-19-6-9-23-21(16-19)22(25(31)32)17-24(27-23)30-14-12-29(13-15-30)11-3-10-26/h4-9,16-17,28H,2-3,11-15H2,1H3,(H,31,32). The molecule has 2 N–H and O–H groups in total. The van der Waals surface area contributed by atoms with Crippen LogP contribution in [0.2, 0.25) is 0 Å². The Hall–Kier alpha value is -3.68. The summed E-state index contributed by atoms with van der Waals surface area (Å²) in [6, 6.07) is 15.1. The van der Waals surface area contributed by atoms with Gasteiger partial charge in [0.05, 0.1) is 22.0 Å². The maximum atomic E-state index is 12.8. The molecule has 4 rings (SSSR count). The highest BCUT2D eigenvalue weighted by atomic mass is 32.2. The lowest BCUT2D eigenvalue weighted by Gasteiger charge is -2.35. The third-order valence-electron chi connectivity index (χ3n) is 6.16. The Morgan fingerprint density at radius 1 is 1.11 bits per heavy atom. The van der Waals surface area contributed by atoms with Crippen LogP contribution in [-0.2, 0) is 16.4 Å². The number of nitrogens with zero attached hydrogens (tertiary/aromatic N) is 4. The first-order valence-electron chi connectivity index (χ1n) is 11.4. The summed E-state index contributed by atoms with van der Waals surface area (Å²) in [4.78, 5) is 21.1.